The van der Waals surface area contributed by atoms with Crippen LogP contribution in [0.25, 0.3) is 0 Å². The molecule has 0 aliphatic carbocycles. The van der Waals surface area contributed by atoms with Crippen molar-refractivity contribution in [3.63, 3.8) is 0 Å². The van der Waals surface area contributed by atoms with Gasteiger partial charge in [-0.2, -0.15) is 0 Å². The third-order valence-corrected chi connectivity index (χ3v) is 3.74. The molecule has 0 heterocycles. The van der Waals surface area contributed by atoms with Gasteiger partial charge < -0.3 is 10.2 Å². The minimum Gasteiger partial charge on any atom is -0.326 e. The van der Waals surface area contributed by atoms with E-state index in [0.717, 1.165) is 24.0 Å². The zero-order valence-corrected chi connectivity index (χ0v) is 14.2. The van der Waals surface area contributed by atoms with Gasteiger partial charge in [-0.1, -0.05) is 11.6 Å². The van der Waals surface area contributed by atoms with Crippen LogP contribution in [0.3, 0.4) is 0 Å². The Morgan fingerprint density at radius 2 is 1.69 bits per heavy atom. The van der Waals surface area contributed by atoms with E-state index in [1.165, 1.54) is 12.1 Å². The Morgan fingerprint density at radius 3 is 2.31 bits per heavy atom. The molecule has 0 aliphatic rings. The predicted octanol–water partition coefficient (Wildman–Crippen LogP) is 4.28. The number of halogens is 5. The third-order valence-electron chi connectivity index (χ3n) is 3.45. The molecule has 9 heteroatoms. The minimum atomic E-state index is -1.71. The summed E-state index contributed by atoms with van der Waals surface area (Å²) >= 11 is 5.60. The van der Waals surface area contributed by atoms with Gasteiger partial charge in [-0.25, -0.2) is 17.6 Å². The summed E-state index contributed by atoms with van der Waals surface area (Å²) in [7, 11) is 0. The fourth-order valence-corrected chi connectivity index (χ4v) is 2.36. The lowest BCUT2D eigenvalue weighted by Gasteiger charge is -2.21. The zero-order chi connectivity index (χ0) is 19.4. The quantitative estimate of drug-likeness (QED) is 0.614. The summed E-state index contributed by atoms with van der Waals surface area (Å²) in [5.41, 5.74) is -0.246. The number of carbonyl (C=O) groups is 2. The lowest BCUT2D eigenvalue weighted by atomic mass is 10.2. The molecule has 0 bridgehead atoms. The van der Waals surface area contributed by atoms with Crippen molar-refractivity contribution in [1.82, 2.24) is 0 Å². The number of anilines is 2. The first-order chi connectivity index (χ1) is 12.2. The lowest BCUT2D eigenvalue weighted by molar-refractivity contribution is -0.117. The number of hydrogen-bond acceptors (Lipinski definition) is 2. The number of carbonyl (C=O) groups excluding carboxylic acids is 2. The van der Waals surface area contributed by atoms with Gasteiger partial charge in [-0.15, -0.1) is 0 Å². The minimum absolute atomic E-state index is 0.183. The maximum atomic E-state index is 13.9. The molecule has 0 unspecified atom stereocenters. The van der Waals surface area contributed by atoms with Crippen molar-refractivity contribution in [1.29, 1.82) is 0 Å². The largest absolute Gasteiger partial charge is 0.326 e. The number of rotatable bonds is 5. The molecule has 1 N–H and O–H groups in total. The van der Waals surface area contributed by atoms with Gasteiger partial charge in [0.15, 0.2) is 17.5 Å². The molecule has 2 aromatic carbocycles. The Labute approximate surface area is 151 Å². The lowest BCUT2D eigenvalue weighted by Crippen LogP contribution is -2.33. The van der Waals surface area contributed by atoms with E-state index in [9.17, 15) is 27.2 Å². The molecule has 0 aliphatic heterocycles. The molecule has 2 rings (SSSR count). The molecule has 0 saturated heterocycles. The third kappa shape index (κ3) is 4.51. The van der Waals surface area contributed by atoms with Gasteiger partial charge in [-0.05, 0) is 30.3 Å². The van der Waals surface area contributed by atoms with Gasteiger partial charge in [0, 0.05) is 25.6 Å². The van der Waals surface area contributed by atoms with Crippen LogP contribution in [0.2, 0.25) is 5.02 Å². The highest BCUT2D eigenvalue weighted by molar-refractivity contribution is 6.31. The van der Waals surface area contributed by atoms with E-state index in [0.29, 0.717) is 6.07 Å². The van der Waals surface area contributed by atoms with E-state index in [-0.39, 0.29) is 23.7 Å². The molecular formula is C17H13ClF4N2O2. The topological polar surface area (TPSA) is 49.4 Å². The SMILES string of the molecule is CC(=O)N(CCC(=O)Nc1ccc(F)c(Cl)c1)c1ccc(F)c(F)c1F. The Bertz CT molecular complexity index is 861. The van der Waals surface area contributed by atoms with Gasteiger partial charge >= 0.3 is 0 Å². The summed E-state index contributed by atoms with van der Waals surface area (Å²) in [6.07, 6.45) is -0.271. The predicted molar refractivity (Wildman–Crippen MR) is 89.0 cm³/mol. The van der Waals surface area contributed by atoms with E-state index in [4.69, 9.17) is 11.6 Å². The van der Waals surface area contributed by atoms with Crippen LogP contribution < -0.4 is 10.2 Å². The Hall–Kier alpha value is -2.61. The maximum absolute atomic E-state index is 13.9. The summed E-state index contributed by atoms with van der Waals surface area (Å²) in [6, 6.07) is 5.15. The standard InChI is InChI=1S/C17H13ClF4N2O2/c1-9(25)24(14-5-4-13(20)16(21)17(14)22)7-6-15(26)23-10-2-3-12(19)11(18)8-10/h2-5,8H,6-7H2,1H3,(H,23,26). The van der Waals surface area contributed by atoms with Crippen molar-refractivity contribution in [2.45, 2.75) is 13.3 Å². The zero-order valence-electron chi connectivity index (χ0n) is 13.5. The van der Waals surface area contributed by atoms with E-state index in [2.05, 4.69) is 5.32 Å². The summed E-state index contributed by atoms with van der Waals surface area (Å²) < 4.78 is 53.3. The second kappa shape index (κ2) is 8.18. The summed E-state index contributed by atoms with van der Waals surface area (Å²) in [5, 5.41) is 2.25. The van der Waals surface area contributed by atoms with Gasteiger partial charge in [0.2, 0.25) is 11.8 Å². The Morgan fingerprint density at radius 1 is 1.04 bits per heavy atom. The monoisotopic (exact) mass is 388 g/mol. The second-order valence-corrected chi connectivity index (χ2v) is 5.70. The Balaban J connectivity index is 2.09. The number of benzene rings is 2. The molecular weight excluding hydrogens is 376 g/mol. The summed E-state index contributed by atoms with van der Waals surface area (Å²) in [6.45, 7) is 0.816. The van der Waals surface area contributed by atoms with Crippen LogP contribution >= 0.6 is 11.6 Å². The van der Waals surface area contributed by atoms with Crippen LogP contribution in [-0.4, -0.2) is 18.4 Å². The van der Waals surface area contributed by atoms with Crippen molar-refractivity contribution >= 4 is 34.8 Å². The Kier molecular flexibility index (Phi) is 6.20. The smallest absolute Gasteiger partial charge is 0.226 e. The fourth-order valence-electron chi connectivity index (χ4n) is 2.18. The van der Waals surface area contributed by atoms with Crippen molar-refractivity contribution in [2.75, 3.05) is 16.8 Å². The highest BCUT2D eigenvalue weighted by Gasteiger charge is 2.21. The first-order valence-corrected chi connectivity index (χ1v) is 7.75. The van der Waals surface area contributed by atoms with Crippen LogP contribution in [0.1, 0.15) is 13.3 Å². The van der Waals surface area contributed by atoms with Crippen molar-refractivity contribution in [3.05, 3.63) is 58.6 Å². The van der Waals surface area contributed by atoms with E-state index >= 15 is 0 Å². The van der Waals surface area contributed by atoms with Crippen LogP contribution in [-0.2, 0) is 9.59 Å². The second-order valence-electron chi connectivity index (χ2n) is 5.29. The van der Waals surface area contributed by atoms with Crippen molar-refractivity contribution in [3.8, 4) is 0 Å². The number of nitrogens with one attached hydrogen (secondary N) is 1. The highest BCUT2D eigenvalue weighted by atomic mass is 35.5. The number of amides is 2. The molecule has 0 spiro atoms. The van der Waals surface area contributed by atoms with Gasteiger partial charge in [-0.3, -0.25) is 9.59 Å². The molecule has 0 fully saturated rings. The first kappa shape index (κ1) is 19.7. The first-order valence-electron chi connectivity index (χ1n) is 7.37. The van der Waals surface area contributed by atoms with Crippen LogP contribution in [0, 0.1) is 23.3 Å². The van der Waals surface area contributed by atoms with Gasteiger partial charge in [0.25, 0.3) is 0 Å². The van der Waals surface area contributed by atoms with Crippen LogP contribution in [0.15, 0.2) is 30.3 Å². The molecule has 0 saturated carbocycles. The molecule has 0 atom stereocenters. The molecule has 0 radical (unpaired) electrons. The normalized spacial score (nSPS) is 10.5. The van der Waals surface area contributed by atoms with Crippen LogP contribution in [0.4, 0.5) is 28.9 Å². The van der Waals surface area contributed by atoms with E-state index < -0.39 is 40.8 Å². The van der Waals surface area contributed by atoms with Gasteiger partial charge in [0.1, 0.15) is 5.82 Å². The molecule has 4 nitrogen and oxygen atoms in total. The fraction of sp³-hybridized carbons (Fsp3) is 0.176. The van der Waals surface area contributed by atoms with Gasteiger partial charge in [0.05, 0.1) is 10.7 Å². The van der Waals surface area contributed by atoms with Crippen molar-refractivity contribution in [2.24, 2.45) is 0 Å². The summed E-state index contributed by atoms with van der Waals surface area (Å²) in [5.74, 6) is -6.50. The maximum Gasteiger partial charge on any atom is 0.226 e. The summed E-state index contributed by atoms with van der Waals surface area (Å²) in [4.78, 5) is 24.5. The molecule has 2 aromatic rings. The number of nitrogens with zero attached hydrogens (tertiary/aromatic N) is 1. The average molecular weight is 389 g/mol. The van der Waals surface area contributed by atoms with Crippen molar-refractivity contribution < 1.29 is 27.2 Å². The average Bonchev–Trinajstić information content (AvgIpc) is 2.57. The number of hydrogen-bond donors (Lipinski definition) is 1. The highest BCUT2D eigenvalue weighted by Crippen LogP contribution is 2.24. The molecule has 138 valence electrons. The molecule has 26 heavy (non-hydrogen) atoms. The van der Waals surface area contributed by atoms with E-state index in [1.807, 2.05) is 0 Å². The van der Waals surface area contributed by atoms with Crippen LogP contribution in [0.5, 0.6) is 0 Å². The molecule has 0 aromatic heterocycles. The van der Waals surface area contributed by atoms with E-state index in [1.54, 1.807) is 0 Å². The molecule has 2 amide bonds.